The molecule has 1 N–H and O–H groups in total. The van der Waals surface area contributed by atoms with Crippen LogP contribution >= 0.6 is 0 Å². The summed E-state index contributed by atoms with van der Waals surface area (Å²) in [6.07, 6.45) is 1.88. The quantitative estimate of drug-likeness (QED) is 0.869. The molecule has 1 aromatic heterocycles. The molecular weight excluding hydrogens is 224 g/mol. The summed E-state index contributed by atoms with van der Waals surface area (Å²) >= 11 is 0. The Morgan fingerprint density at radius 1 is 1.22 bits per heavy atom. The standard InChI is InChI=1S/C15H26N2O/c1-11(2)12(3)16-9-13-7-8-14(17-10-13)18-15(4,5)6/h7-8,10-12,16H,9H2,1-6H3/t12-/m0/s1. The van der Waals surface area contributed by atoms with Crippen LogP contribution in [0.15, 0.2) is 18.3 Å². The van der Waals surface area contributed by atoms with E-state index in [4.69, 9.17) is 4.74 Å². The number of rotatable bonds is 5. The monoisotopic (exact) mass is 250 g/mol. The van der Waals surface area contributed by atoms with E-state index in [1.807, 2.05) is 33.0 Å². The molecule has 0 fully saturated rings. The molecule has 0 saturated heterocycles. The van der Waals surface area contributed by atoms with E-state index in [0.717, 1.165) is 6.54 Å². The second-order valence-corrected chi connectivity index (χ2v) is 6.13. The van der Waals surface area contributed by atoms with Crippen molar-refractivity contribution in [1.82, 2.24) is 10.3 Å². The lowest BCUT2D eigenvalue weighted by atomic mass is 10.1. The molecule has 1 heterocycles. The summed E-state index contributed by atoms with van der Waals surface area (Å²) in [5.41, 5.74) is 0.989. The fourth-order valence-corrected chi connectivity index (χ4v) is 1.40. The molecule has 0 saturated carbocycles. The lowest BCUT2D eigenvalue weighted by Crippen LogP contribution is -2.30. The predicted molar refractivity (Wildman–Crippen MR) is 75.8 cm³/mol. The fraction of sp³-hybridized carbons (Fsp3) is 0.667. The Morgan fingerprint density at radius 3 is 2.33 bits per heavy atom. The van der Waals surface area contributed by atoms with Crippen molar-refractivity contribution in [3.63, 3.8) is 0 Å². The molecule has 3 nitrogen and oxygen atoms in total. The largest absolute Gasteiger partial charge is 0.472 e. The summed E-state index contributed by atoms with van der Waals surface area (Å²) in [5.74, 6) is 1.32. The number of hydrogen-bond donors (Lipinski definition) is 1. The first-order valence-electron chi connectivity index (χ1n) is 6.65. The van der Waals surface area contributed by atoms with Gasteiger partial charge in [0.1, 0.15) is 5.60 Å². The summed E-state index contributed by atoms with van der Waals surface area (Å²) in [4.78, 5) is 4.32. The molecule has 1 aromatic rings. The van der Waals surface area contributed by atoms with E-state index < -0.39 is 0 Å². The molecule has 0 spiro atoms. The zero-order chi connectivity index (χ0) is 13.8. The van der Waals surface area contributed by atoms with Crippen LogP contribution in [0.25, 0.3) is 0 Å². The number of pyridine rings is 1. The minimum Gasteiger partial charge on any atom is -0.472 e. The van der Waals surface area contributed by atoms with Crippen molar-refractivity contribution in [1.29, 1.82) is 0 Å². The smallest absolute Gasteiger partial charge is 0.213 e. The molecule has 3 heteroatoms. The van der Waals surface area contributed by atoms with E-state index in [1.165, 1.54) is 5.56 Å². The number of nitrogens with zero attached hydrogens (tertiary/aromatic N) is 1. The number of nitrogens with one attached hydrogen (secondary N) is 1. The van der Waals surface area contributed by atoms with Crippen molar-refractivity contribution in [2.24, 2.45) is 5.92 Å². The van der Waals surface area contributed by atoms with Crippen molar-refractivity contribution < 1.29 is 4.74 Å². The highest BCUT2D eigenvalue weighted by Crippen LogP contribution is 2.15. The van der Waals surface area contributed by atoms with Gasteiger partial charge in [0.05, 0.1) is 0 Å². The molecule has 0 aliphatic rings. The van der Waals surface area contributed by atoms with Gasteiger partial charge in [-0.3, -0.25) is 0 Å². The van der Waals surface area contributed by atoms with E-state index >= 15 is 0 Å². The molecule has 102 valence electrons. The van der Waals surface area contributed by atoms with Crippen LogP contribution in [-0.4, -0.2) is 16.6 Å². The summed E-state index contributed by atoms with van der Waals surface area (Å²) in [6, 6.07) is 4.51. The summed E-state index contributed by atoms with van der Waals surface area (Å²) in [7, 11) is 0. The third kappa shape index (κ3) is 5.50. The van der Waals surface area contributed by atoms with E-state index in [9.17, 15) is 0 Å². The molecule has 0 radical (unpaired) electrons. The molecular formula is C15H26N2O. The van der Waals surface area contributed by atoms with Crippen molar-refractivity contribution in [3.05, 3.63) is 23.9 Å². The van der Waals surface area contributed by atoms with Crippen LogP contribution in [0.3, 0.4) is 0 Å². The highest BCUT2D eigenvalue weighted by molar-refractivity contribution is 5.18. The van der Waals surface area contributed by atoms with Gasteiger partial charge in [0.25, 0.3) is 0 Å². The summed E-state index contributed by atoms with van der Waals surface area (Å²) < 4.78 is 5.69. The van der Waals surface area contributed by atoms with Gasteiger partial charge in [0, 0.05) is 24.8 Å². The van der Waals surface area contributed by atoms with Gasteiger partial charge in [0.2, 0.25) is 5.88 Å². The van der Waals surface area contributed by atoms with Gasteiger partial charge in [-0.15, -0.1) is 0 Å². The van der Waals surface area contributed by atoms with E-state index in [0.29, 0.717) is 17.8 Å². The maximum absolute atomic E-state index is 5.69. The van der Waals surface area contributed by atoms with Crippen LogP contribution in [0.5, 0.6) is 5.88 Å². The zero-order valence-corrected chi connectivity index (χ0v) is 12.4. The molecule has 0 amide bonds. The summed E-state index contributed by atoms with van der Waals surface area (Å²) in [5, 5.41) is 3.49. The van der Waals surface area contributed by atoms with E-state index in [2.05, 4.69) is 37.1 Å². The molecule has 1 rings (SSSR count). The Morgan fingerprint density at radius 2 is 1.89 bits per heavy atom. The van der Waals surface area contributed by atoms with Gasteiger partial charge in [-0.05, 0) is 39.2 Å². The zero-order valence-electron chi connectivity index (χ0n) is 12.4. The average molecular weight is 250 g/mol. The maximum atomic E-state index is 5.69. The molecule has 1 atom stereocenters. The Hall–Kier alpha value is -1.09. The lowest BCUT2D eigenvalue weighted by Gasteiger charge is -2.20. The van der Waals surface area contributed by atoms with Crippen LogP contribution < -0.4 is 10.1 Å². The first kappa shape index (κ1) is 15.0. The van der Waals surface area contributed by atoms with Crippen LogP contribution in [0.1, 0.15) is 47.1 Å². The van der Waals surface area contributed by atoms with E-state index in [1.54, 1.807) is 0 Å². The van der Waals surface area contributed by atoms with Crippen LogP contribution in [-0.2, 0) is 6.54 Å². The Balaban J connectivity index is 2.50. The molecule has 0 aliphatic carbocycles. The van der Waals surface area contributed by atoms with Gasteiger partial charge >= 0.3 is 0 Å². The highest BCUT2D eigenvalue weighted by Gasteiger charge is 2.12. The summed E-state index contributed by atoms with van der Waals surface area (Å²) in [6.45, 7) is 13.6. The fourth-order valence-electron chi connectivity index (χ4n) is 1.40. The first-order chi connectivity index (χ1) is 8.28. The van der Waals surface area contributed by atoms with Crippen molar-refractivity contribution in [2.45, 2.75) is 59.7 Å². The van der Waals surface area contributed by atoms with Gasteiger partial charge in [-0.25, -0.2) is 4.98 Å². The van der Waals surface area contributed by atoms with E-state index in [-0.39, 0.29) is 5.60 Å². The van der Waals surface area contributed by atoms with Crippen LogP contribution in [0, 0.1) is 5.92 Å². The number of aromatic nitrogens is 1. The third-order valence-electron chi connectivity index (χ3n) is 2.84. The Bertz CT molecular complexity index is 352. The van der Waals surface area contributed by atoms with Crippen LogP contribution in [0.4, 0.5) is 0 Å². The number of ether oxygens (including phenoxy) is 1. The molecule has 0 bridgehead atoms. The first-order valence-corrected chi connectivity index (χ1v) is 6.65. The highest BCUT2D eigenvalue weighted by atomic mass is 16.5. The van der Waals surface area contributed by atoms with Gasteiger partial charge < -0.3 is 10.1 Å². The van der Waals surface area contributed by atoms with Gasteiger partial charge in [-0.2, -0.15) is 0 Å². The number of hydrogen-bond acceptors (Lipinski definition) is 3. The van der Waals surface area contributed by atoms with Crippen molar-refractivity contribution >= 4 is 0 Å². The SMILES string of the molecule is CC(C)[C@H](C)NCc1ccc(OC(C)(C)C)nc1. The Kier molecular flexibility index (Phi) is 5.15. The van der Waals surface area contributed by atoms with Gasteiger partial charge in [0.15, 0.2) is 0 Å². The molecule has 0 aliphatic heterocycles. The minimum atomic E-state index is -0.196. The van der Waals surface area contributed by atoms with Crippen LogP contribution in [0.2, 0.25) is 0 Å². The van der Waals surface area contributed by atoms with Crippen molar-refractivity contribution in [2.75, 3.05) is 0 Å². The molecule has 0 unspecified atom stereocenters. The third-order valence-corrected chi connectivity index (χ3v) is 2.84. The maximum Gasteiger partial charge on any atom is 0.213 e. The minimum absolute atomic E-state index is 0.196. The van der Waals surface area contributed by atoms with Crippen molar-refractivity contribution in [3.8, 4) is 5.88 Å². The van der Waals surface area contributed by atoms with Gasteiger partial charge in [-0.1, -0.05) is 19.9 Å². The normalized spacial score (nSPS) is 13.7. The second-order valence-electron chi connectivity index (χ2n) is 6.13. The Labute approximate surface area is 111 Å². The molecule has 0 aromatic carbocycles. The topological polar surface area (TPSA) is 34.1 Å². The second kappa shape index (κ2) is 6.19. The molecule has 18 heavy (non-hydrogen) atoms. The predicted octanol–water partition coefficient (Wildman–Crippen LogP) is 3.39. The lowest BCUT2D eigenvalue weighted by molar-refractivity contribution is 0.124. The average Bonchev–Trinajstić information content (AvgIpc) is 2.25.